The molecule has 1 fully saturated rings. The molecule has 0 spiro atoms. The fraction of sp³-hybridized carbons (Fsp3) is 0.444. The van der Waals surface area contributed by atoms with E-state index in [0.717, 1.165) is 6.26 Å². The molecule has 1 saturated carbocycles. The summed E-state index contributed by atoms with van der Waals surface area (Å²) in [7, 11) is -3.42. The minimum Gasteiger partial charge on any atom is -0.240 e. The molecule has 3 nitrogen and oxygen atoms in total. The maximum atomic E-state index is 13.8. The quantitative estimate of drug-likeness (QED) is 0.784. The van der Waals surface area contributed by atoms with E-state index in [2.05, 4.69) is 4.98 Å². The summed E-state index contributed by atoms with van der Waals surface area (Å²) >= 11 is 11.3. The molecule has 1 aromatic rings. The van der Waals surface area contributed by atoms with Crippen LogP contribution in [0.25, 0.3) is 0 Å². The van der Waals surface area contributed by atoms with E-state index >= 15 is 0 Å². The van der Waals surface area contributed by atoms with Crippen LogP contribution < -0.4 is 0 Å². The van der Waals surface area contributed by atoms with E-state index in [9.17, 15) is 12.8 Å². The molecule has 7 heteroatoms. The summed E-state index contributed by atoms with van der Waals surface area (Å²) in [4.78, 5) is 3.53. The Morgan fingerprint density at radius 1 is 1.44 bits per heavy atom. The van der Waals surface area contributed by atoms with Crippen LogP contribution in [0.2, 0.25) is 10.2 Å². The highest BCUT2D eigenvalue weighted by Gasteiger charge is 2.56. The van der Waals surface area contributed by atoms with Gasteiger partial charge in [0.25, 0.3) is 0 Å². The van der Waals surface area contributed by atoms with Crippen molar-refractivity contribution in [2.45, 2.75) is 17.6 Å². The number of halogens is 3. The first kappa shape index (κ1) is 12.1. The minimum atomic E-state index is -3.42. The molecule has 0 aliphatic heterocycles. The third kappa shape index (κ3) is 1.61. The van der Waals surface area contributed by atoms with Crippen LogP contribution in [0, 0.1) is 5.82 Å². The average Bonchev–Trinajstić information content (AvgIpc) is 2.92. The second kappa shape index (κ2) is 3.55. The fourth-order valence-electron chi connectivity index (χ4n) is 1.78. The molecule has 1 aromatic heterocycles. The zero-order valence-electron chi connectivity index (χ0n) is 8.30. The highest BCUT2D eigenvalue weighted by atomic mass is 35.5. The lowest BCUT2D eigenvalue weighted by molar-refractivity contribution is 0.567. The number of rotatable bonds is 2. The molecule has 88 valence electrons. The molecule has 1 heterocycles. The Kier molecular flexibility index (Phi) is 2.68. The van der Waals surface area contributed by atoms with Crippen LogP contribution >= 0.6 is 23.2 Å². The van der Waals surface area contributed by atoms with Crippen molar-refractivity contribution in [2.75, 3.05) is 6.26 Å². The summed E-state index contributed by atoms with van der Waals surface area (Å²) in [5.74, 6) is -0.836. The second-order valence-electron chi connectivity index (χ2n) is 3.85. The van der Waals surface area contributed by atoms with Crippen molar-refractivity contribution in [3.05, 3.63) is 27.8 Å². The Bertz CT molecular complexity index is 555. The van der Waals surface area contributed by atoms with Crippen molar-refractivity contribution in [1.82, 2.24) is 4.98 Å². The van der Waals surface area contributed by atoms with Gasteiger partial charge in [-0.25, -0.2) is 17.8 Å². The second-order valence-corrected chi connectivity index (χ2v) is 6.94. The topological polar surface area (TPSA) is 47.0 Å². The smallest absolute Gasteiger partial charge is 0.166 e. The van der Waals surface area contributed by atoms with E-state index in [-0.39, 0.29) is 15.7 Å². The summed E-state index contributed by atoms with van der Waals surface area (Å²) in [6.07, 6.45) is 2.98. The molecule has 0 unspecified atom stereocenters. The van der Waals surface area contributed by atoms with Crippen LogP contribution in [-0.2, 0) is 14.6 Å². The number of sulfone groups is 1. The maximum absolute atomic E-state index is 13.8. The Morgan fingerprint density at radius 2 is 2.00 bits per heavy atom. The van der Waals surface area contributed by atoms with Gasteiger partial charge in [0.05, 0.1) is 5.02 Å². The van der Waals surface area contributed by atoms with Gasteiger partial charge >= 0.3 is 0 Å². The Morgan fingerprint density at radius 3 is 2.44 bits per heavy atom. The van der Waals surface area contributed by atoms with Gasteiger partial charge in [0.1, 0.15) is 4.75 Å². The van der Waals surface area contributed by atoms with Crippen LogP contribution in [-0.4, -0.2) is 19.7 Å². The van der Waals surface area contributed by atoms with Gasteiger partial charge in [0.2, 0.25) is 0 Å². The van der Waals surface area contributed by atoms with E-state index < -0.39 is 20.4 Å². The zero-order valence-corrected chi connectivity index (χ0v) is 10.6. The maximum Gasteiger partial charge on any atom is 0.166 e. The average molecular weight is 284 g/mol. The number of hydrogen-bond acceptors (Lipinski definition) is 3. The molecule has 1 aliphatic rings. The Hall–Kier alpha value is -0.390. The van der Waals surface area contributed by atoms with Gasteiger partial charge in [0, 0.05) is 18.0 Å². The predicted octanol–water partition coefficient (Wildman–Crippen LogP) is 2.56. The van der Waals surface area contributed by atoms with Gasteiger partial charge in [0.15, 0.2) is 20.8 Å². The predicted molar refractivity (Wildman–Crippen MR) is 60.0 cm³/mol. The first-order chi connectivity index (χ1) is 7.29. The lowest BCUT2D eigenvalue weighted by atomic mass is 10.1. The van der Waals surface area contributed by atoms with E-state index in [1.165, 1.54) is 6.20 Å². The molecular weight excluding hydrogens is 276 g/mol. The van der Waals surface area contributed by atoms with Crippen molar-refractivity contribution in [1.29, 1.82) is 0 Å². The Balaban J connectivity index is 2.71. The highest BCUT2D eigenvalue weighted by molar-refractivity contribution is 7.92. The normalized spacial score (nSPS) is 18.5. The third-order valence-corrected chi connectivity index (χ3v) is 5.38. The molecule has 0 radical (unpaired) electrons. The van der Waals surface area contributed by atoms with Gasteiger partial charge in [-0.1, -0.05) is 23.2 Å². The fourth-order valence-corrected chi connectivity index (χ4v) is 3.71. The Labute approximate surface area is 103 Å². The van der Waals surface area contributed by atoms with Crippen LogP contribution in [0.5, 0.6) is 0 Å². The minimum absolute atomic E-state index is 0.00447. The van der Waals surface area contributed by atoms with Crippen LogP contribution in [0.1, 0.15) is 18.4 Å². The first-order valence-electron chi connectivity index (χ1n) is 4.49. The first-order valence-corrected chi connectivity index (χ1v) is 7.14. The lowest BCUT2D eigenvalue weighted by Crippen LogP contribution is -2.21. The summed E-state index contributed by atoms with van der Waals surface area (Å²) < 4.78 is 35.9. The van der Waals surface area contributed by atoms with Crippen molar-refractivity contribution in [2.24, 2.45) is 0 Å². The van der Waals surface area contributed by atoms with Crippen LogP contribution in [0.4, 0.5) is 4.39 Å². The molecule has 2 rings (SSSR count). The standard InChI is InChI=1S/C9H8Cl2FNO2S/c1-16(14,15)9(2-3-9)6-5(10)4-13-8(11)7(6)12/h4H,2-3H2,1H3. The van der Waals surface area contributed by atoms with Gasteiger partial charge in [-0.15, -0.1) is 0 Å². The molecular formula is C9H8Cl2FNO2S. The number of nitrogens with zero attached hydrogens (tertiary/aromatic N) is 1. The van der Waals surface area contributed by atoms with Crippen molar-refractivity contribution < 1.29 is 12.8 Å². The SMILES string of the molecule is CS(=O)(=O)C1(c2c(Cl)cnc(Cl)c2F)CC1. The number of aromatic nitrogens is 1. The molecule has 16 heavy (non-hydrogen) atoms. The molecule has 0 N–H and O–H groups in total. The highest BCUT2D eigenvalue weighted by Crippen LogP contribution is 2.55. The molecule has 0 aromatic carbocycles. The van der Waals surface area contributed by atoms with Gasteiger partial charge in [-0.05, 0) is 12.8 Å². The van der Waals surface area contributed by atoms with Crippen molar-refractivity contribution >= 4 is 33.0 Å². The molecule has 0 atom stereocenters. The number of pyridine rings is 1. The summed E-state index contributed by atoms with van der Waals surface area (Å²) in [5.41, 5.74) is -0.0448. The van der Waals surface area contributed by atoms with Crippen molar-refractivity contribution in [3.8, 4) is 0 Å². The van der Waals surface area contributed by atoms with Gasteiger partial charge in [-0.3, -0.25) is 0 Å². The third-order valence-electron chi connectivity index (χ3n) is 2.80. The van der Waals surface area contributed by atoms with Gasteiger partial charge in [-0.2, -0.15) is 0 Å². The monoisotopic (exact) mass is 283 g/mol. The summed E-state index contributed by atoms with van der Waals surface area (Å²) in [6, 6.07) is 0. The van der Waals surface area contributed by atoms with Gasteiger partial charge < -0.3 is 0 Å². The van der Waals surface area contributed by atoms with E-state index in [1.54, 1.807) is 0 Å². The molecule has 0 saturated heterocycles. The largest absolute Gasteiger partial charge is 0.240 e. The summed E-state index contributed by atoms with van der Waals surface area (Å²) in [6.45, 7) is 0. The molecule has 0 bridgehead atoms. The van der Waals surface area contributed by atoms with Crippen LogP contribution in [0.3, 0.4) is 0 Å². The zero-order chi connectivity index (χ0) is 12.1. The van der Waals surface area contributed by atoms with E-state index in [1.807, 2.05) is 0 Å². The van der Waals surface area contributed by atoms with E-state index in [0.29, 0.717) is 12.8 Å². The summed E-state index contributed by atoms with van der Waals surface area (Å²) in [5, 5.41) is -0.348. The molecule has 0 amide bonds. The number of hydrogen-bond donors (Lipinski definition) is 0. The van der Waals surface area contributed by atoms with Crippen LogP contribution in [0.15, 0.2) is 6.20 Å². The lowest BCUT2D eigenvalue weighted by Gasteiger charge is -2.16. The molecule has 1 aliphatic carbocycles. The van der Waals surface area contributed by atoms with E-state index in [4.69, 9.17) is 23.2 Å². The van der Waals surface area contributed by atoms with Crippen molar-refractivity contribution in [3.63, 3.8) is 0 Å².